The number of hydrogen-bond donors (Lipinski definition) is 1. The molecule has 0 aliphatic rings. The number of benzene rings is 1. The number of nitrogen functional groups attached to an aromatic ring is 1. The minimum atomic E-state index is 0.545. The Labute approximate surface area is 115 Å². The number of nitrogens with zero attached hydrogens (tertiary/aromatic N) is 2. The number of halogens is 1. The molecule has 18 heavy (non-hydrogen) atoms. The lowest BCUT2D eigenvalue weighted by Crippen LogP contribution is -2.06. The Balaban J connectivity index is 2.49. The van der Waals surface area contributed by atoms with Gasteiger partial charge in [0.15, 0.2) is 0 Å². The highest BCUT2D eigenvalue weighted by atomic mass is 79.9. The van der Waals surface area contributed by atoms with E-state index in [1.54, 1.807) is 0 Å². The summed E-state index contributed by atoms with van der Waals surface area (Å²) in [5.41, 5.74) is 9.77. The molecule has 1 aromatic heterocycles. The van der Waals surface area contributed by atoms with Gasteiger partial charge in [0.05, 0.1) is 12.1 Å². The molecule has 0 saturated heterocycles. The molecule has 0 amide bonds. The number of anilines is 1. The van der Waals surface area contributed by atoms with Crippen molar-refractivity contribution in [1.29, 1.82) is 5.26 Å². The molecule has 4 heteroatoms. The molecule has 1 heterocycles. The van der Waals surface area contributed by atoms with Gasteiger partial charge < -0.3 is 10.3 Å². The van der Waals surface area contributed by atoms with Crippen molar-refractivity contribution in [2.75, 3.05) is 5.73 Å². The lowest BCUT2D eigenvalue weighted by molar-refractivity contribution is 0.781. The summed E-state index contributed by atoms with van der Waals surface area (Å²) in [6.07, 6.45) is 0. The first-order chi connectivity index (χ1) is 8.56. The van der Waals surface area contributed by atoms with E-state index in [1.807, 2.05) is 42.7 Å². The van der Waals surface area contributed by atoms with Gasteiger partial charge in [-0.2, -0.15) is 5.26 Å². The van der Waals surface area contributed by atoms with Gasteiger partial charge in [0, 0.05) is 10.2 Å². The van der Waals surface area contributed by atoms with E-state index in [2.05, 4.69) is 22.0 Å². The van der Waals surface area contributed by atoms with Crippen molar-refractivity contribution in [2.24, 2.45) is 0 Å². The van der Waals surface area contributed by atoms with Crippen LogP contribution in [0.25, 0.3) is 0 Å². The van der Waals surface area contributed by atoms with Gasteiger partial charge in [-0.05, 0) is 31.0 Å². The number of rotatable bonds is 2. The molecule has 2 rings (SSSR count). The Bertz CT molecular complexity index is 635. The molecule has 0 bridgehead atoms. The number of aromatic nitrogens is 1. The molecule has 0 fully saturated rings. The Morgan fingerprint density at radius 3 is 2.56 bits per heavy atom. The van der Waals surface area contributed by atoms with Crippen molar-refractivity contribution < 1.29 is 0 Å². The van der Waals surface area contributed by atoms with Crippen LogP contribution in [-0.2, 0) is 6.54 Å². The van der Waals surface area contributed by atoms with Gasteiger partial charge in [-0.25, -0.2) is 0 Å². The van der Waals surface area contributed by atoms with Crippen molar-refractivity contribution in [3.8, 4) is 6.07 Å². The summed E-state index contributed by atoms with van der Waals surface area (Å²) in [6.45, 7) is 4.59. The standard InChI is InChI=1S/C14H14BrN3/c1-9-10(2)18(14(17)12(9)7-16)8-11-5-3-4-6-13(11)15/h3-6H,8,17H2,1-2H3. The third-order valence-electron chi connectivity index (χ3n) is 3.27. The zero-order valence-corrected chi connectivity index (χ0v) is 12.0. The Morgan fingerprint density at radius 2 is 2.00 bits per heavy atom. The van der Waals surface area contributed by atoms with Gasteiger partial charge in [-0.3, -0.25) is 0 Å². The van der Waals surface area contributed by atoms with Crippen molar-refractivity contribution >= 4 is 21.7 Å². The molecule has 1 aromatic carbocycles. The molecule has 0 radical (unpaired) electrons. The van der Waals surface area contributed by atoms with Crippen molar-refractivity contribution in [2.45, 2.75) is 20.4 Å². The van der Waals surface area contributed by atoms with Gasteiger partial charge in [0.2, 0.25) is 0 Å². The molecule has 0 aliphatic heterocycles. The average molecular weight is 304 g/mol. The largest absolute Gasteiger partial charge is 0.384 e. The Kier molecular flexibility index (Phi) is 3.44. The van der Waals surface area contributed by atoms with Gasteiger partial charge in [-0.1, -0.05) is 34.1 Å². The van der Waals surface area contributed by atoms with E-state index in [0.29, 0.717) is 17.9 Å². The van der Waals surface area contributed by atoms with Gasteiger partial charge in [0.25, 0.3) is 0 Å². The molecule has 0 saturated carbocycles. The molecule has 0 aliphatic carbocycles. The zero-order chi connectivity index (χ0) is 13.3. The highest BCUT2D eigenvalue weighted by Gasteiger charge is 2.15. The molecule has 3 nitrogen and oxygen atoms in total. The van der Waals surface area contributed by atoms with Crippen LogP contribution in [0.4, 0.5) is 5.82 Å². The van der Waals surface area contributed by atoms with Crippen LogP contribution in [0.15, 0.2) is 28.7 Å². The number of nitrogens with two attached hydrogens (primary N) is 1. The van der Waals surface area contributed by atoms with Crippen LogP contribution in [0.3, 0.4) is 0 Å². The normalized spacial score (nSPS) is 10.3. The molecular formula is C14H14BrN3. The van der Waals surface area contributed by atoms with Crippen LogP contribution in [0.5, 0.6) is 0 Å². The zero-order valence-electron chi connectivity index (χ0n) is 10.4. The van der Waals surface area contributed by atoms with Crippen molar-refractivity contribution in [1.82, 2.24) is 4.57 Å². The van der Waals surface area contributed by atoms with E-state index in [1.165, 1.54) is 0 Å². The Morgan fingerprint density at radius 1 is 1.33 bits per heavy atom. The minimum Gasteiger partial charge on any atom is -0.384 e. The first-order valence-corrected chi connectivity index (χ1v) is 6.44. The highest BCUT2D eigenvalue weighted by molar-refractivity contribution is 9.10. The average Bonchev–Trinajstić information content (AvgIpc) is 2.56. The lowest BCUT2D eigenvalue weighted by atomic mass is 10.2. The summed E-state index contributed by atoms with van der Waals surface area (Å²) in [7, 11) is 0. The maximum absolute atomic E-state index is 9.11. The van der Waals surface area contributed by atoms with E-state index >= 15 is 0 Å². The smallest absolute Gasteiger partial charge is 0.122 e. The molecule has 2 aromatic rings. The van der Waals surface area contributed by atoms with Crippen LogP contribution < -0.4 is 5.73 Å². The third kappa shape index (κ3) is 2.02. The first kappa shape index (κ1) is 12.7. The third-order valence-corrected chi connectivity index (χ3v) is 4.04. The van der Waals surface area contributed by atoms with Gasteiger partial charge >= 0.3 is 0 Å². The molecular weight excluding hydrogens is 290 g/mol. The second-order valence-corrected chi connectivity index (χ2v) is 5.11. The summed E-state index contributed by atoms with van der Waals surface area (Å²) in [6, 6.07) is 10.2. The summed E-state index contributed by atoms with van der Waals surface area (Å²) in [5, 5.41) is 9.11. The summed E-state index contributed by atoms with van der Waals surface area (Å²) >= 11 is 3.53. The van der Waals surface area contributed by atoms with Crippen molar-refractivity contribution in [3.05, 3.63) is 51.1 Å². The second-order valence-electron chi connectivity index (χ2n) is 4.26. The van der Waals surface area contributed by atoms with E-state index in [0.717, 1.165) is 21.3 Å². The SMILES string of the molecule is Cc1c(C#N)c(N)n(Cc2ccccc2Br)c1C. The fourth-order valence-corrected chi connectivity index (χ4v) is 2.44. The van der Waals surface area contributed by atoms with Crippen LogP contribution in [0.1, 0.15) is 22.4 Å². The van der Waals surface area contributed by atoms with E-state index in [4.69, 9.17) is 11.0 Å². The van der Waals surface area contributed by atoms with Crippen molar-refractivity contribution in [3.63, 3.8) is 0 Å². The number of hydrogen-bond acceptors (Lipinski definition) is 2. The molecule has 0 atom stereocenters. The quantitative estimate of drug-likeness (QED) is 0.925. The predicted octanol–water partition coefficient (Wildman–Crippen LogP) is 3.37. The van der Waals surface area contributed by atoms with E-state index in [-0.39, 0.29) is 0 Å². The maximum Gasteiger partial charge on any atom is 0.122 e. The summed E-state index contributed by atoms with van der Waals surface area (Å²) in [4.78, 5) is 0. The summed E-state index contributed by atoms with van der Waals surface area (Å²) in [5.74, 6) is 0.545. The topological polar surface area (TPSA) is 54.7 Å². The lowest BCUT2D eigenvalue weighted by Gasteiger charge is -2.10. The minimum absolute atomic E-state index is 0.545. The van der Waals surface area contributed by atoms with Gasteiger partial charge in [-0.15, -0.1) is 0 Å². The van der Waals surface area contributed by atoms with Crippen LogP contribution in [0.2, 0.25) is 0 Å². The van der Waals surface area contributed by atoms with E-state index < -0.39 is 0 Å². The van der Waals surface area contributed by atoms with Crippen LogP contribution in [0, 0.1) is 25.2 Å². The van der Waals surface area contributed by atoms with Crippen LogP contribution in [-0.4, -0.2) is 4.57 Å². The summed E-state index contributed by atoms with van der Waals surface area (Å²) < 4.78 is 3.03. The fourth-order valence-electron chi connectivity index (χ4n) is 2.03. The monoisotopic (exact) mass is 303 g/mol. The fraction of sp³-hybridized carbons (Fsp3) is 0.214. The maximum atomic E-state index is 9.11. The van der Waals surface area contributed by atoms with E-state index in [9.17, 15) is 0 Å². The Hall–Kier alpha value is -1.73. The molecule has 0 spiro atoms. The first-order valence-electron chi connectivity index (χ1n) is 5.65. The highest BCUT2D eigenvalue weighted by Crippen LogP contribution is 2.26. The van der Waals surface area contributed by atoms with Crippen LogP contribution >= 0.6 is 15.9 Å². The molecule has 92 valence electrons. The molecule has 2 N–H and O–H groups in total. The predicted molar refractivity (Wildman–Crippen MR) is 76.3 cm³/mol. The second kappa shape index (κ2) is 4.87. The molecule has 0 unspecified atom stereocenters. The van der Waals surface area contributed by atoms with Gasteiger partial charge in [0.1, 0.15) is 11.9 Å². The number of nitriles is 1.